The molecular formula is C16H23BO2. The van der Waals surface area contributed by atoms with Gasteiger partial charge in [0, 0.05) is 0 Å². The first kappa shape index (κ1) is 15.7. The molecule has 1 rings (SSSR count). The van der Waals surface area contributed by atoms with Crippen molar-refractivity contribution in [1.29, 1.82) is 0 Å². The molecule has 2 nitrogen and oxygen atoms in total. The minimum Gasteiger partial charge on any atom is -0.423 e. The van der Waals surface area contributed by atoms with Crippen molar-refractivity contribution in [2.45, 2.75) is 40.5 Å². The van der Waals surface area contributed by atoms with Gasteiger partial charge in [-0.25, -0.2) is 0 Å². The summed E-state index contributed by atoms with van der Waals surface area (Å²) in [5, 5.41) is 19.2. The minimum absolute atomic E-state index is 0.580. The molecule has 0 aromatic heterocycles. The fourth-order valence-electron chi connectivity index (χ4n) is 2.35. The normalized spacial score (nSPS) is 11.7. The van der Waals surface area contributed by atoms with Gasteiger partial charge in [-0.1, -0.05) is 44.2 Å². The van der Waals surface area contributed by atoms with Crippen LogP contribution in [-0.4, -0.2) is 17.2 Å². The van der Waals surface area contributed by atoms with E-state index in [0.29, 0.717) is 5.46 Å². The topological polar surface area (TPSA) is 40.5 Å². The van der Waals surface area contributed by atoms with E-state index in [-0.39, 0.29) is 0 Å². The van der Waals surface area contributed by atoms with Gasteiger partial charge in [-0.3, -0.25) is 0 Å². The number of rotatable bonds is 5. The van der Waals surface area contributed by atoms with E-state index >= 15 is 0 Å². The van der Waals surface area contributed by atoms with Gasteiger partial charge in [0.25, 0.3) is 0 Å². The first-order valence-electron chi connectivity index (χ1n) is 6.88. The highest BCUT2D eigenvalue weighted by atomic mass is 16.4. The molecule has 0 bridgehead atoms. The summed E-state index contributed by atoms with van der Waals surface area (Å²) in [6.07, 6.45) is 9.87. The van der Waals surface area contributed by atoms with E-state index in [2.05, 4.69) is 32.9 Å². The van der Waals surface area contributed by atoms with Crippen LogP contribution in [-0.2, 0) is 6.42 Å². The van der Waals surface area contributed by atoms with E-state index in [4.69, 9.17) is 0 Å². The summed E-state index contributed by atoms with van der Waals surface area (Å²) >= 11 is 0. The van der Waals surface area contributed by atoms with Crippen LogP contribution in [0.4, 0.5) is 0 Å². The second kappa shape index (κ2) is 7.32. The molecule has 2 N–H and O–H groups in total. The van der Waals surface area contributed by atoms with Gasteiger partial charge in [0.05, 0.1) is 0 Å². The first-order valence-corrected chi connectivity index (χ1v) is 6.88. The average molecular weight is 258 g/mol. The van der Waals surface area contributed by atoms with Crippen LogP contribution < -0.4 is 5.46 Å². The van der Waals surface area contributed by atoms with Crippen LogP contribution in [0.1, 0.15) is 49.4 Å². The van der Waals surface area contributed by atoms with Crippen LogP contribution in [0.2, 0.25) is 0 Å². The van der Waals surface area contributed by atoms with E-state index in [1.54, 1.807) is 0 Å². The van der Waals surface area contributed by atoms with Gasteiger partial charge >= 0.3 is 7.12 Å². The Morgan fingerprint density at radius 1 is 1.21 bits per heavy atom. The molecule has 0 unspecified atom stereocenters. The predicted octanol–water partition coefficient (Wildman–Crippen LogP) is 2.69. The lowest BCUT2D eigenvalue weighted by Gasteiger charge is -2.16. The molecule has 1 aromatic carbocycles. The molecule has 0 aliphatic heterocycles. The zero-order valence-corrected chi connectivity index (χ0v) is 12.3. The molecule has 3 heteroatoms. The fraction of sp³-hybridized carbons (Fsp3) is 0.375. The van der Waals surface area contributed by atoms with Crippen molar-refractivity contribution < 1.29 is 10.0 Å². The summed E-state index contributed by atoms with van der Waals surface area (Å²) in [4.78, 5) is 0. The van der Waals surface area contributed by atoms with E-state index in [1.807, 2.05) is 25.1 Å². The van der Waals surface area contributed by atoms with Crippen LogP contribution in [0.3, 0.4) is 0 Å². The highest BCUT2D eigenvalue weighted by Gasteiger charge is 2.19. The van der Waals surface area contributed by atoms with E-state index in [9.17, 15) is 10.0 Å². The molecule has 0 saturated carbocycles. The fourth-order valence-corrected chi connectivity index (χ4v) is 2.35. The maximum absolute atomic E-state index is 9.59. The van der Waals surface area contributed by atoms with Crippen molar-refractivity contribution in [2.24, 2.45) is 0 Å². The third kappa shape index (κ3) is 3.58. The lowest BCUT2D eigenvalue weighted by Crippen LogP contribution is -2.33. The standard InChI is InChI=1S/C16H23BO2/c1-5-8-10-13-11-16(17(18)19)15(9-6-2)14(7-3)12(13)4/h6,8-11,18-19H,5,7H2,1-4H3/b9-6-,10-8-. The van der Waals surface area contributed by atoms with Crippen molar-refractivity contribution in [3.05, 3.63) is 40.5 Å². The number of benzene rings is 1. The summed E-state index contributed by atoms with van der Waals surface area (Å²) in [6.45, 7) is 8.21. The smallest absolute Gasteiger partial charge is 0.423 e. The minimum atomic E-state index is -1.44. The number of hydrogen-bond donors (Lipinski definition) is 2. The van der Waals surface area contributed by atoms with Crippen LogP contribution in [0.15, 0.2) is 18.2 Å². The molecule has 0 radical (unpaired) electrons. The summed E-state index contributed by atoms with van der Waals surface area (Å²) < 4.78 is 0. The van der Waals surface area contributed by atoms with Gasteiger partial charge in [-0.05, 0) is 54.4 Å². The SMILES string of the molecule is C/C=C\c1c(B(O)O)cc(/C=C\CC)c(C)c1CC. The molecule has 1 aromatic rings. The van der Waals surface area contributed by atoms with Gasteiger partial charge in [0.15, 0.2) is 0 Å². The molecule has 19 heavy (non-hydrogen) atoms. The van der Waals surface area contributed by atoms with E-state index in [0.717, 1.165) is 24.0 Å². The Morgan fingerprint density at radius 2 is 1.89 bits per heavy atom. The van der Waals surface area contributed by atoms with Crippen molar-refractivity contribution in [2.75, 3.05) is 0 Å². The van der Waals surface area contributed by atoms with E-state index in [1.165, 1.54) is 11.1 Å². The zero-order valence-electron chi connectivity index (χ0n) is 12.3. The summed E-state index contributed by atoms with van der Waals surface area (Å²) in [5.41, 5.74) is 4.97. The molecule has 0 spiro atoms. The Kier molecular flexibility index (Phi) is 6.06. The van der Waals surface area contributed by atoms with E-state index < -0.39 is 7.12 Å². The van der Waals surface area contributed by atoms with Crippen LogP contribution in [0.25, 0.3) is 12.2 Å². The average Bonchev–Trinajstić information content (AvgIpc) is 2.38. The van der Waals surface area contributed by atoms with Crippen LogP contribution in [0, 0.1) is 6.92 Å². The quantitative estimate of drug-likeness (QED) is 0.797. The van der Waals surface area contributed by atoms with Crippen molar-refractivity contribution in [1.82, 2.24) is 0 Å². The second-order valence-electron chi connectivity index (χ2n) is 4.61. The Balaban J connectivity index is 3.56. The maximum atomic E-state index is 9.59. The maximum Gasteiger partial charge on any atom is 0.489 e. The lowest BCUT2D eigenvalue weighted by atomic mass is 9.73. The summed E-state index contributed by atoms with van der Waals surface area (Å²) in [7, 11) is -1.44. The van der Waals surface area contributed by atoms with Gasteiger partial charge in [0.2, 0.25) is 0 Å². The molecule has 0 heterocycles. The van der Waals surface area contributed by atoms with Gasteiger partial charge < -0.3 is 10.0 Å². The van der Waals surface area contributed by atoms with Crippen molar-refractivity contribution in [3.63, 3.8) is 0 Å². The van der Waals surface area contributed by atoms with Gasteiger partial charge in [0.1, 0.15) is 0 Å². The Hall–Kier alpha value is -1.32. The number of hydrogen-bond acceptors (Lipinski definition) is 2. The van der Waals surface area contributed by atoms with Crippen molar-refractivity contribution >= 4 is 24.7 Å². The molecule has 0 saturated heterocycles. The first-order chi connectivity index (χ1) is 9.06. The molecule has 0 fully saturated rings. The highest BCUT2D eigenvalue weighted by molar-refractivity contribution is 6.59. The predicted molar refractivity (Wildman–Crippen MR) is 84.4 cm³/mol. The Morgan fingerprint density at radius 3 is 2.37 bits per heavy atom. The third-order valence-corrected chi connectivity index (χ3v) is 3.33. The molecule has 102 valence electrons. The largest absolute Gasteiger partial charge is 0.489 e. The lowest BCUT2D eigenvalue weighted by molar-refractivity contribution is 0.425. The number of allylic oxidation sites excluding steroid dienone is 2. The summed E-state index contributed by atoms with van der Waals surface area (Å²) in [6, 6.07) is 1.88. The zero-order chi connectivity index (χ0) is 14.4. The molecule has 0 amide bonds. The Labute approximate surface area is 116 Å². The molecular weight excluding hydrogens is 235 g/mol. The molecule has 0 aliphatic carbocycles. The molecule has 0 atom stereocenters. The van der Waals surface area contributed by atoms with Gasteiger partial charge in [-0.2, -0.15) is 0 Å². The molecule has 0 aliphatic rings. The van der Waals surface area contributed by atoms with Crippen molar-refractivity contribution in [3.8, 4) is 0 Å². The van der Waals surface area contributed by atoms with Crippen LogP contribution in [0.5, 0.6) is 0 Å². The monoisotopic (exact) mass is 258 g/mol. The third-order valence-electron chi connectivity index (χ3n) is 3.33. The second-order valence-corrected chi connectivity index (χ2v) is 4.61. The van der Waals surface area contributed by atoms with Crippen LogP contribution >= 0.6 is 0 Å². The van der Waals surface area contributed by atoms with Gasteiger partial charge in [-0.15, -0.1) is 0 Å². The summed E-state index contributed by atoms with van der Waals surface area (Å²) in [5.74, 6) is 0. The Bertz CT molecular complexity index is 488. The highest BCUT2D eigenvalue weighted by Crippen LogP contribution is 2.21.